The van der Waals surface area contributed by atoms with Gasteiger partial charge in [-0.3, -0.25) is 4.68 Å². The molecule has 3 aromatic rings. The van der Waals surface area contributed by atoms with Gasteiger partial charge in [0, 0.05) is 30.1 Å². The summed E-state index contributed by atoms with van der Waals surface area (Å²) < 4.78 is 4.12. The zero-order valence-electron chi connectivity index (χ0n) is 20.0. The average molecular weight is 484 g/mol. The largest absolute Gasteiger partial charge is 0.268 e. The Morgan fingerprint density at radius 1 is 1.06 bits per heavy atom. The van der Waals surface area contributed by atoms with E-state index in [1.165, 1.54) is 29.8 Å². The molecule has 0 atom stereocenters. The minimum Gasteiger partial charge on any atom is -0.268 e. The molecule has 0 radical (unpaired) electrons. The molecule has 0 unspecified atom stereocenters. The molecular weight excluding hydrogens is 458 g/mol. The molecule has 7 fully saturated rings. The Labute approximate surface area is 208 Å². The maximum absolute atomic E-state index is 9.79. The summed E-state index contributed by atoms with van der Waals surface area (Å²) in [6.07, 6.45) is 4.98. The van der Waals surface area contributed by atoms with Crippen molar-refractivity contribution in [3.63, 3.8) is 0 Å². The second kappa shape index (κ2) is 5.64. The van der Waals surface area contributed by atoms with Gasteiger partial charge in [-0.05, 0) is 80.6 Å². The van der Waals surface area contributed by atoms with Gasteiger partial charge in [0.15, 0.2) is 5.82 Å². The van der Waals surface area contributed by atoms with E-state index in [4.69, 9.17) is 16.7 Å². The van der Waals surface area contributed by atoms with Crippen molar-refractivity contribution >= 4 is 11.6 Å². The number of aromatic nitrogens is 6. The Morgan fingerprint density at radius 2 is 1.77 bits per heavy atom. The predicted molar refractivity (Wildman–Crippen MR) is 127 cm³/mol. The van der Waals surface area contributed by atoms with Crippen molar-refractivity contribution in [3.05, 3.63) is 51.4 Å². The van der Waals surface area contributed by atoms with Gasteiger partial charge in [-0.25, -0.2) is 14.6 Å². The van der Waals surface area contributed by atoms with Gasteiger partial charge in [0.25, 0.3) is 0 Å². The predicted octanol–water partition coefficient (Wildman–Crippen LogP) is 3.95. The summed E-state index contributed by atoms with van der Waals surface area (Å²) in [6, 6.07) is 4.76. The van der Waals surface area contributed by atoms with Gasteiger partial charge in [-0.2, -0.15) is 15.5 Å². The third-order valence-electron chi connectivity index (χ3n) is 11.2. The molecular formula is C27H26ClN7. The van der Waals surface area contributed by atoms with Gasteiger partial charge in [-0.15, -0.1) is 0 Å². The Morgan fingerprint density at radius 3 is 2.37 bits per heavy atom. The van der Waals surface area contributed by atoms with E-state index in [2.05, 4.69) is 32.7 Å². The van der Waals surface area contributed by atoms with Crippen LogP contribution in [-0.2, 0) is 18.4 Å². The van der Waals surface area contributed by atoms with E-state index in [1.54, 1.807) is 6.33 Å². The van der Waals surface area contributed by atoms with E-state index in [1.807, 2.05) is 24.6 Å². The van der Waals surface area contributed by atoms with Gasteiger partial charge in [0.05, 0.1) is 39.3 Å². The lowest BCUT2D eigenvalue weighted by atomic mass is 8.92. The Hall–Kier alpha value is -2.72. The maximum atomic E-state index is 9.79. The smallest absolute Gasteiger partial charge is 0.157 e. The van der Waals surface area contributed by atoms with Crippen LogP contribution in [0.4, 0.5) is 0 Å². The van der Waals surface area contributed by atoms with E-state index in [0.29, 0.717) is 28.2 Å². The first-order valence-corrected chi connectivity index (χ1v) is 13.3. The van der Waals surface area contributed by atoms with Crippen LogP contribution in [0.15, 0.2) is 12.4 Å². The summed E-state index contributed by atoms with van der Waals surface area (Å²) >= 11 is 6.39. The van der Waals surface area contributed by atoms with E-state index in [9.17, 15) is 5.26 Å². The minimum absolute atomic E-state index is 0.0955. The van der Waals surface area contributed by atoms with Crippen molar-refractivity contribution in [2.75, 3.05) is 0 Å². The number of halogens is 1. The molecule has 3 heterocycles. The van der Waals surface area contributed by atoms with E-state index in [0.717, 1.165) is 59.5 Å². The van der Waals surface area contributed by atoms with Crippen LogP contribution in [0.2, 0.25) is 5.02 Å². The molecule has 10 rings (SSSR count). The Bertz CT molecular complexity index is 1480. The Kier molecular flexibility index (Phi) is 3.14. The molecule has 0 bridgehead atoms. The number of aryl methyl sites for hydroxylation is 1. The molecule has 8 heteroatoms. The molecule has 7 aliphatic carbocycles. The molecule has 7 saturated carbocycles. The Balaban J connectivity index is 1.09. The maximum Gasteiger partial charge on any atom is 0.157 e. The molecule has 7 nitrogen and oxygen atoms in total. The zero-order valence-corrected chi connectivity index (χ0v) is 20.8. The van der Waals surface area contributed by atoms with E-state index >= 15 is 0 Å². The SMILES string of the molecule is Cc1nn(-c2cc(Cc3c(C)c(C45C6C7C4C4C5C6C74C#N)nn3CC3CC3)ncn2)c(C)c1Cl. The fourth-order valence-electron chi connectivity index (χ4n) is 9.76. The quantitative estimate of drug-likeness (QED) is 0.530. The normalized spacial score (nSPS) is 40.1. The number of hydrogen-bond acceptors (Lipinski definition) is 5. The fourth-order valence-corrected chi connectivity index (χ4v) is 9.88. The van der Waals surface area contributed by atoms with Crippen molar-refractivity contribution in [1.29, 1.82) is 5.26 Å². The van der Waals surface area contributed by atoms with Crippen molar-refractivity contribution in [3.8, 4) is 11.9 Å². The second-order valence-electron chi connectivity index (χ2n) is 12.1. The lowest BCUT2D eigenvalue weighted by Crippen LogP contribution is -3.11. The highest BCUT2D eigenvalue weighted by atomic mass is 35.5. The average Bonchev–Trinajstić information content (AvgIpc) is 3.60. The van der Waals surface area contributed by atoms with Crippen LogP contribution in [0.1, 0.15) is 46.9 Å². The zero-order chi connectivity index (χ0) is 23.6. The standard InChI is InChI=1S/C27H26ClN7/c1-11-16(6-15-7-17(31-10-30-15)35-13(3)24(28)12(2)32-35)34(8-14-4-5-14)33-25(11)27-21-18-22(27)20-23(27)19(21)26(18,20)9-29/h7,10,14,18-23H,4-6,8H2,1-3H3. The summed E-state index contributed by atoms with van der Waals surface area (Å²) in [5.74, 6) is 5.75. The van der Waals surface area contributed by atoms with E-state index < -0.39 is 0 Å². The number of rotatable bonds is 6. The molecule has 0 aliphatic heterocycles. The topological polar surface area (TPSA) is 85.2 Å². The van der Waals surface area contributed by atoms with E-state index in [-0.39, 0.29) is 5.41 Å². The summed E-state index contributed by atoms with van der Waals surface area (Å²) in [4.78, 5) is 9.12. The van der Waals surface area contributed by atoms with Crippen molar-refractivity contribution in [2.45, 2.75) is 52.0 Å². The van der Waals surface area contributed by atoms with Crippen molar-refractivity contribution in [2.24, 2.45) is 46.8 Å². The summed E-state index contributed by atoms with van der Waals surface area (Å²) in [5.41, 5.74) is 7.10. The first-order chi connectivity index (χ1) is 16.9. The van der Waals surface area contributed by atoms with Crippen LogP contribution in [-0.4, -0.2) is 29.5 Å². The molecule has 0 N–H and O–H groups in total. The van der Waals surface area contributed by atoms with Crippen LogP contribution >= 0.6 is 11.6 Å². The van der Waals surface area contributed by atoms with Crippen molar-refractivity contribution in [1.82, 2.24) is 29.5 Å². The molecule has 3 aromatic heterocycles. The third kappa shape index (κ3) is 1.76. The monoisotopic (exact) mass is 483 g/mol. The summed E-state index contributed by atoms with van der Waals surface area (Å²) in [5, 5.41) is 20.4. The molecule has 35 heavy (non-hydrogen) atoms. The van der Waals surface area contributed by atoms with Crippen molar-refractivity contribution < 1.29 is 0 Å². The first kappa shape index (κ1) is 19.5. The van der Waals surface area contributed by atoms with Gasteiger partial charge in [0.2, 0.25) is 0 Å². The van der Waals surface area contributed by atoms with Gasteiger partial charge >= 0.3 is 0 Å². The highest BCUT2D eigenvalue weighted by Crippen LogP contribution is 3.09. The highest BCUT2D eigenvalue weighted by Gasteiger charge is 3.11. The highest BCUT2D eigenvalue weighted by molar-refractivity contribution is 6.31. The lowest BCUT2D eigenvalue weighted by Gasteiger charge is -3.09. The molecule has 7 aliphatic rings. The molecule has 0 spiro atoms. The van der Waals surface area contributed by atoms with Crippen LogP contribution in [0.5, 0.6) is 0 Å². The van der Waals surface area contributed by atoms with Crippen LogP contribution < -0.4 is 0 Å². The van der Waals surface area contributed by atoms with Crippen LogP contribution in [0, 0.1) is 78.9 Å². The van der Waals surface area contributed by atoms with Gasteiger partial charge in [0.1, 0.15) is 6.33 Å². The number of hydrogen-bond donors (Lipinski definition) is 0. The third-order valence-corrected chi connectivity index (χ3v) is 11.7. The molecule has 0 saturated heterocycles. The first-order valence-electron chi connectivity index (χ1n) is 13.0. The lowest BCUT2D eigenvalue weighted by molar-refractivity contribution is -0.611. The van der Waals surface area contributed by atoms with Crippen LogP contribution in [0.3, 0.4) is 0 Å². The fraction of sp³-hybridized carbons (Fsp3) is 0.593. The number of nitriles is 1. The van der Waals surface area contributed by atoms with Crippen LogP contribution in [0.25, 0.3) is 5.82 Å². The molecule has 0 aromatic carbocycles. The minimum atomic E-state index is 0.0955. The second-order valence-corrected chi connectivity index (χ2v) is 12.5. The molecule has 0 amide bonds. The summed E-state index contributed by atoms with van der Waals surface area (Å²) in [7, 11) is 0. The number of nitrogens with zero attached hydrogens (tertiary/aromatic N) is 7. The van der Waals surface area contributed by atoms with Gasteiger partial charge in [-0.1, -0.05) is 11.6 Å². The molecule has 176 valence electrons. The van der Waals surface area contributed by atoms with Gasteiger partial charge < -0.3 is 0 Å². The summed E-state index contributed by atoms with van der Waals surface area (Å²) in [6.45, 7) is 7.17.